The van der Waals surface area contributed by atoms with Crippen LogP contribution in [0.15, 0.2) is 22.0 Å². The highest BCUT2D eigenvalue weighted by atomic mass is 16.3. The molecule has 0 heterocycles. The van der Waals surface area contributed by atoms with Crippen molar-refractivity contribution in [3.05, 3.63) is 21.5 Å². The highest BCUT2D eigenvalue weighted by molar-refractivity contribution is 5.27. The molecule has 0 spiro atoms. The van der Waals surface area contributed by atoms with Crippen molar-refractivity contribution in [1.82, 2.24) is 0 Å². The molecular formula is C20H30N2O3. The zero-order chi connectivity index (χ0) is 17.8. The average Bonchev–Trinajstić information content (AvgIpc) is 2.99. The van der Waals surface area contributed by atoms with Crippen LogP contribution in [0.5, 0.6) is 0 Å². The van der Waals surface area contributed by atoms with Gasteiger partial charge in [-0.05, 0) is 74.5 Å². The predicted octanol–water partition coefficient (Wildman–Crippen LogP) is 4.58. The van der Waals surface area contributed by atoms with Crippen LogP contribution in [-0.4, -0.2) is 23.3 Å². The Morgan fingerprint density at radius 1 is 1.20 bits per heavy atom. The summed E-state index contributed by atoms with van der Waals surface area (Å²) in [5.41, 5.74) is 1.23. The van der Waals surface area contributed by atoms with Gasteiger partial charge in [-0.3, -0.25) is 0 Å². The van der Waals surface area contributed by atoms with Crippen molar-refractivity contribution in [3.63, 3.8) is 0 Å². The molecule has 8 atom stereocenters. The Bertz CT molecular complexity index is 606. The molecule has 0 aromatic carbocycles. The van der Waals surface area contributed by atoms with E-state index >= 15 is 0 Å². The van der Waals surface area contributed by atoms with Gasteiger partial charge in [0.25, 0.3) is 0 Å². The molecule has 0 aliphatic heterocycles. The molecule has 0 radical (unpaired) electrons. The van der Waals surface area contributed by atoms with Crippen molar-refractivity contribution < 1.29 is 5.11 Å². The molecule has 0 saturated heterocycles. The van der Waals surface area contributed by atoms with Crippen LogP contribution in [0.4, 0.5) is 0 Å². The topological polar surface area (TPSA) is 79.1 Å². The summed E-state index contributed by atoms with van der Waals surface area (Å²) in [5.74, 6) is 1.22. The summed E-state index contributed by atoms with van der Waals surface area (Å²) in [5, 5.41) is 18.0. The first-order valence-electron chi connectivity index (χ1n) is 10.0. The van der Waals surface area contributed by atoms with Crippen molar-refractivity contribution in [2.75, 3.05) is 0 Å². The largest absolute Gasteiger partial charge is 0.393 e. The Morgan fingerprint density at radius 3 is 2.68 bits per heavy atom. The van der Waals surface area contributed by atoms with E-state index in [1.807, 2.05) is 0 Å². The summed E-state index contributed by atoms with van der Waals surface area (Å²) < 4.78 is 0. The minimum Gasteiger partial charge on any atom is -0.393 e. The summed E-state index contributed by atoms with van der Waals surface area (Å²) in [6.07, 6.45) is 9.12. The van der Waals surface area contributed by atoms with Gasteiger partial charge in [-0.2, -0.15) is 9.81 Å². The van der Waals surface area contributed by atoms with E-state index in [2.05, 4.69) is 30.3 Å². The Morgan fingerprint density at radius 2 is 2.00 bits per heavy atom. The van der Waals surface area contributed by atoms with Gasteiger partial charge >= 0.3 is 0 Å². The minimum absolute atomic E-state index is 0.0177. The van der Waals surface area contributed by atoms with Gasteiger partial charge in [0.1, 0.15) is 6.04 Å². The summed E-state index contributed by atoms with van der Waals surface area (Å²) >= 11 is 0. The van der Waals surface area contributed by atoms with E-state index in [4.69, 9.17) is 0 Å². The summed E-state index contributed by atoms with van der Waals surface area (Å²) in [7, 11) is 0. The Kier molecular flexibility index (Phi) is 4.13. The van der Waals surface area contributed by atoms with Crippen LogP contribution in [0.25, 0.3) is 0 Å². The van der Waals surface area contributed by atoms with Gasteiger partial charge in [0, 0.05) is 5.41 Å². The van der Waals surface area contributed by atoms with Gasteiger partial charge in [0.2, 0.25) is 0 Å². The lowest BCUT2D eigenvalue weighted by molar-refractivity contribution is -0.127. The van der Waals surface area contributed by atoms with Gasteiger partial charge in [0.05, 0.1) is 12.1 Å². The first-order chi connectivity index (χ1) is 12.0. The molecule has 4 aliphatic carbocycles. The predicted molar refractivity (Wildman–Crippen MR) is 96.9 cm³/mol. The van der Waals surface area contributed by atoms with Crippen molar-refractivity contribution in [3.8, 4) is 0 Å². The lowest BCUT2D eigenvalue weighted by atomic mass is 9.45. The number of nitroso groups, excluding NO2 is 2. The number of hydrogen-bond donors (Lipinski definition) is 1. The van der Waals surface area contributed by atoms with Gasteiger partial charge in [-0.1, -0.05) is 35.9 Å². The maximum Gasteiger partial charge on any atom is 0.110 e. The number of aliphatic hydroxyl groups excluding tert-OH is 1. The molecule has 1 N–H and O–H groups in total. The number of hydrogen-bond acceptors (Lipinski definition) is 5. The molecule has 0 aromatic heterocycles. The Balaban J connectivity index is 1.72. The van der Waals surface area contributed by atoms with Gasteiger partial charge < -0.3 is 5.11 Å². The van der Waals surface area contributed by atoms with E-state index < -0.39 is 0 Å². The van der Waals surface area contributed by atoms with Crippen molar-refractivity contribution in [1.29, 1.82) is 0 Å². The third-order valence-electron chi connectivity index (χ3n) is 8.63. The molecule has 0 bridgehead atoms. The first-order valence-corrected chi connectivity index (χ1v) is 10.0. The number of nitrogens with zero attached hydrogens (tertiary/aromatic N) is 2. The summed E-state index contributed by atoms with van der Waals surface area (Å²) in [6, 6.07) is -0.317. The number of fused-ring (bicyclic) bond motifs is 5. The second-order valence-electron chi connectivity index (χ2n) is 9.21. The maximum atomic E-state index is 11.5. The highest BCUT2D eigenvalue weighted by Crippen LogP contribution is 2.66. The quantitative estimate of drug-likeness (QED) is 0.600. The zero-order valence-corrected chi connectivity index (χ0v) is 15.4. The van der Waals surface area contributed by atoms with Crippen molar-refractivity contribution >= 4 is 0 Å². The molecule has 4 aliphatic rings. The molecule has 25 heavy (non-hydrogen) atoms. The molecule has 3 saturated carbocycles. The van der Waals surface area contributed by atoms with E-state index in [9.17, 15) is 14.9 Å². The Hall–Kier alpha value is -1.10. The highest BCUT2D eigenvalue weighted by Gasteiger charge is 2.63. The zero-order valence-electron chi connectivity index (χ0n) is 15.4. The third kappa shape index (κ3) is 2.23. The monoisotopic (exact) mass is 346 g/mol. The lowest BCUT2D eigenvalue weighted by Crippen LogP contribution is -2.57. The SMILES string of the molecule is CCC12CC(O)C3C(CCC4=CC(N=O)CCC43C)C1CCC2N=O. The second-order valence-corrected chi connectivity index (χ2v) is 9.21. The number of allylic oxidation sites excluding steroid dienone is 1. The first kappa shape index (κ1) is 17.3. The fourth-order valence-corrected chi connectivity index (χ4v) is 7.49. The molecule has 4 rings (SSSR count). The normalized spacial score (nSPS) is 51.7. The van der Waals surface area contributed by atoms with E-state index in [1.165, 1.54) is 5.57 Å². The van der Waals surface area contributed by atoms with Gasteiger partial charge in [0.15, 0.2) is 0 Å². The van der Waals surface area contributed by atoms with Gasteiger partial charge in [-0.15, -0.1) is 0 Å². The fourth-order valence-electron chi connectivity index (χ4n) is 7.49. The van der Waals surface area contributed by atoms with Crippen molar-refractivity contribution in [2.45, 2.75) is 83.4 Å². The molecule has 0 amide bonds. The molecule has 138 valence electrons. The van der Waals surface area contributed by atoms with Crippen LogP contribution in [0, 0.1) is 38.4 Å². The summed E-state index contributed by atoms with van der Waals surface area (Å²) in [6.45, 7) is 4.46. The maximum absolute atomic E-state index is 11.5. The molecule has 0 aromatic rings. The third-order valence-corrected chi connectivity index (χ3v) is 8.63. The standard InChI is InChI=1S/C20H30N2O3/c1-3-20-11-16(23)18-14(15(20)6-7-17(20)22-25)5-4-12-10-13(21-24)8-9-19(12,18)2/h10,13-18,23H,3-9,11H2,1-2H3. The van der Waals surface area contributed by atoms with E-state index in [0.29, 0.717) is 18.3 Å². The number of aliphatic hydroxyl groups is 1. The van der Waals surface area contributed by atoms with Crippen molar-refractivity contribution in [2.24, 2.45) is 38.9 Å². The molecule has 5 nitrogen and oxygen atoms in total. The summed E-state index contributed by atoms with van der Waals surface area (Å²) in [4.78, 5) is 22.5. The van der Waals surface area contributed by atoms with Crippen LogP contribution in [0.2, 0.25) is 0 Å². The molecule has 5 heteroatoms. The van der Waals surface area contributed by atoms with Crippen LogP contribution >= 0.6 is 0 Å². The van der Waals surface area contributed by atoms with E-state index in [0.717, 1.165) is 44.9 Å². The van der Waals surface area contributed by atoms with E-state index in [1.54, 1.807) is 0 Å². The number of rotatable bonds is 3. The fraction of sp³-hybridized carbons (Fsp3) is 0.900. The van der Waals surface area contributed by atoms with Crippen LogP contribution < -0.4 is 0 Å². The molecular weight excluding hydrogens is 316 g/mol. The molecule has 3 fully saturated rings. The average molecular weight is 346 g/mol. The minimum atomic E-state index is -0.377. The van der Waals surface area contributed by atoms with Crippen LogP contribution in [-0.2, 0) is 0 Å². The lowest BCUT2D eigenvalue weighted by Gasteiger charge is -2.60. The second kappa shape index (κ2) is 5.97. The Labute approximate surface area is 149 Å². The van der Waals surface area contributed by atoms with Gasteiger partial charge in [-0.25, -0.2) is 0 Å². The molecule has 8 unspecified atom stereocenters. The smallest absolute Gasteiger partial charge is 0.110 e. The van der Waals surface area contributed by atoms with Crippen LogP contribution in [0.1, 0.15) is 65.2 Å². The van der Waals surface area contributed by atoms with E-state index in [-0.39, 0.29) is 34.9 Å². The van der Waals surface area contributed by atoms with Crippen LogP contribution in [0.3, 0.4) is 0 Å².